The Morgan fingerprint density at radius 2 is 1.90 bits per heavy atom. The van der Waals surface area contributed by atoms with Gasteiger partial charge in [0.15, 0.2) is 5.16 Å². The van der Waals surface area contributed by atoms with E-state index in [1.807, 2.05) is 22.8 Å². The normalized spacial score (nSPS) is 14.6. The molecule has 1 aliphatic heterocycles. The summed E-state index contributed by atoms with van der Waals surface area (Å²) in [6.07, 6.45) is 2.14. The number of amides is 1. The van der Waals surface area contributed by atoms with Crippen LogP contribution in [0.25, 0.3) is 5.69 Å². The summed E-state index contributed by atoms with van der Waals surface area (Å²) in [6, 6.07) is 10.4. The van der Waals surface area contributed by atoms with Gasteiger partial charge >= 0.3 is 0 Å². The second-order valence-electron chi connectivity index (χ2n) is 7.14. The molecular weight excluding hydrogens is 444 g/mol. The molecule has 1 amide bonds. The Morgan fingerprint density at radius 1 is 1.16 bits per heavy atom. The third-order valence-corrected chi connectivity index (χ3v) is 6.30. The molecule has 0 spiro atoms. The molecule has 1 N–H and O–H groups in total. The Hall–Kier alpha value is -2.65. The average Bonchev–Trinajstić information content (AvgIpc) is 3.40. The first-order valence-corrected chi connectivity index (χ1v) is 11.1. The van der Waals surface area contributed by atoms with Crippen molar-refractivity contribution in [1.29, 1.82) is 0 Å². The minimum absolute atomic E-state index is 0.0795. The standard InChI is InChI=1S/C21H20ClF2N5OS/c1-13(19(30)25-17-9-8-14(23)12-16(17)24)31-21-27-26-20(28-10-4-5-11-28)29(21)18-7-3-2-6-15(18)22/h2-3,6-9,12-13H,4-5,10-11H2,1H3,(H,25,30). The topological polar surface area (TPSA) is 63.1 Å². The monoisotopic (exact) mass is 463 g/mol. The second-order valence-corrected chi connectivity index (χ2v) is 8.85. The first-order valence-electron chi connectivity index (χ1n) is 9.82. The first-order chi connectivity index (χ1) is 14.9. The summed E-state index contributed by atoms with van der Waals surface area (Å²) in [4.78, 5) is 14.8. The van der Waals surface area contributed by atoms with E-state index in [-0.39, 0.29) is 5.69 Å². The Labute approximate surface area is 187 Å². The van der Waals surface area contributed by atoms with Crippen molar-refractivity contribution < 1.29 is 13.6 Å². The zero-order valence-electron chi connectivity index (χ0n) is 16.7. The summed E-state index contributed by atoms with van der Waals surface area (Å²) in [6.45, 7) is 3.42. The molecule has 162 valence electrons. The maximum absolute atomic E-state index is 13.9. The molecule has 31 heavy (non-hydrogen) atoms. The lowest BCUT2D eigenvalue weighted by molar-refractivity contribution is -0.115. The fourth-order valence-electron chi connectivity index (χ4n) is 3.34. The van der Waals surface area contributed by atoms with Gasteiger partial charge in [-0.05, 0) is 44.0 Å². The second kappa shape index (κ2) is 9.23. The van der Waals surface area contributed by atoms with Gasteiger partial charge in [0.05, 0.1) is 21.6 Å². The van der Waals surface area contributed by atoms with E-state index in [0.29, 0.717) is 16.1 Å². The number of rotatable bonds is 6. The van der Waals surface area contributed by atoms with Gasteiger partial charge in [-0.25, -0.2) is 8.78 Å². The number of hydrogen-bond acceptors (Lipinski definition) is 5. The van der Waals surface area contributed by atoms with Crippen LogP contribution in [-0.4, -0.2) is 39.0 Å². The molecule has 1 fully saturated rings. The van der Waals surface area contributed by atoms with E-state index in [2.05, 4.69) is 20.4 Å². The van der Waals surface area contributed by atoms with Crippen LogP contribution in [0.4, 0.5) is 20.4 Å². The Bertz CT molecular complexity index is 1100. The van der Waals surface area contributed by atoms with Crippen molar-refractivity contribution in [2.45, 2.75) is 30.2 Å². The predicted octanol–water partition coefficient (Wildman–Crippen LogP) is 4.92. The molecule has 3 aromatic rings. The van der Waals surface area contributed by atoms with Crippen LogP contribution in [0.1, 0.15) is 19.8 Å². The lowest BCUT2D eigenvalue weighted by Crippen LogP contribution is -2.24. The molecule has 10 heteroatoms. The van der Waals surface area contributed by atoms with Crippen LogP contribution in [0.15, 0.2) is 47.6 Å². The Balaban J connectivity index is 1.60. The molecule has 4 rings (SSSR count). The van der Waals surface area contributed by atoms with E-state index in [1.54, 1.807) is 13.0 Å². The quantitative estimate of drug-likeness (QED) is 0.526. The highest BCUT2D eigenvalue weighted by Crippen LogP contribution is 2.33. The molecule has 1 saturated heterocycles. The predicted molar refractivity (Wildman–Crippen MR) is 118 cm³/mol. The van der Waals surface area contributed by atoms with E-state index >= 15 is 0 Å². The van der Waals surface area contributed by atoms with E-state index in [4.69, 9.17) is 11.6 Å². The van der Waals surface area contributed by atoms with Gasteiger partial charge in [-0.1, -0.05) is 35.5 Å². The average molecular weight is 464 g/mol. The highest BCUT2D eigenvalue weighted by Gasteiger charge is 2.26. The lowest BCUT2D eigenvalue weighted by Gasteiger charge is -2.19. The molecule has 0 radical (unpaired) electrons. The zero-order valence-corrected chi connectivity index (χ0v) is 18.3. The SMILES string of the molecule is CC(Sc1nnc(N2CCCC2)n1-c1ccccc1Cl)C(=O)Nc1ccc(F)cc1F. The minimum Gasteiger partial charge on any atom is -0.341 e. The molecule has 1 atom stereocenters. The largest absolute Gasteiger partial charge is 0.341 e. The molecule has 1 aromatic heterocycles. The number of nitrogens with zero attached hydrogens (tertiary/aromatic N) is 4. The lowest BCUT2D eigenvalue weighted by atomic mass is 10.3. The number of hydrogen-bond donors (Lipinski definition) is 1. The van der Waals surface area contributed by atoms with Gasteiger partial charge in [0.1, 0.15) is 11.6 Å². The van der Waals surface area contributed by atoms with Crippen molar-refractivity contribution in [3.8, 4) is 5.69 Å². The Morgan fingerprint density at radius 3 is 2.61 bits per heavy atom. The minimum atomic E-state index is -0.832. The van der Waals surface area contributed by atoms with Crippen molar-refractivity contribution in [3.63, 3.8) is 0 Å². The maximum Gasteiger partial charge on any atom is 0.237 e. The van der Waals surface area contributed by atoms with Gasteiger partial charge in [0, 0.05) is 19.2 Å². The van der Waals surface area contributed by atoms with Crippen LogP contribution in [-0.2, 0) is 4.79 Å². The maximum atomic E-state index is 13.9. The van der Waals surface area contributed by atoms with Gasteiger partial charge in [0.2, 0.25) is 11.9 Å². The highest BCUT2D eigenvalue weighted by atomic mass is 35.5. The molecule has 2 heterocycles. The number of anilines is 2. The molecule has 6 nitrogen and oxygen atoms in total. The highest BCUT2D eigenvalue weighted by molar-refractivity contribution is 8.00. The van der Waals surface area contributed by atoms with E-state index < -0.39 is 22.8 Å². The molecule has 0 bridgehead atoms. The van der Waals surface area contributed by atoms with Gasteiger partial charge in [-0.15, -0.1) is 10.2 Å². The number of benzene rings is 2. The van der Waals surface area contributed by atoms with Gasteiger partial charge in [-0.3, -0.25) is 9.36 Å². The first kappa shape index (κ1) is 21.6. The summed E-state index contributed by atoms with van der Waals surface area (Å²) in [5.41, 5.74) is 0.639. The summed E-state index contributed by atoms with van der Waals surface area (Å²) in [5.74, 6) is -1.31. The summed E-state index contributed by atoms with van der Waals surface area (Å²) < 4.78 is 28.9. The zero-order chi connectivity index (χ0) is 22.0. The fourth-order valence-corrected chi connectivity index (χ4v) is 4.42. The van der Waals surface area contributed by atoms with Gasteiger partial charge in [0.25, 0.3) is 0 Å². The van der Waals surface area contributed by atoms with E-state index in [1.165, 1.54) is 17.8 Å². The summed E-state index contributed by atoms with van der Waals surface area (Å²) in [7, 11) is 0. The summed E-state index contributed by atoms with van der Waals surface area (Å²) in [5, 5.41) is 11.6. The van der Waals surface area contributed by atoms with Crippen molar-refractivity contribution >= 4 is 40.9 Å². The smallest absolute Gasteiger partial charge is 0.237 e. The third kappa shape index (κ3) is 4.67. The fraction of sp³-hybridized carbons (Fsp3) is 0.286. The van der Waals surface area contributed by atoms with Crippen molar-refractivity contribution in [2.24, 2.45) is 0 Å². The van der Waals surface area contributed by atoms with Crippen LogP contribution in [0.5, 0.6) is 0 Å². The summed E-state index contributed by atoms with van der Waals surface area (Å²) >= 11 is 7.63. The van der Waals surface area contributed by atoms with Gasteiger partial charge < -0.3 is 10.2 Å². The number of aromatic nitrogens is 3. The van der Waals surface area contributed by atoms with Gasteiger partial charge in [-0.2, -0.15) is 0 Å². The van der Waals surface area contributed by atoms with Crippen molar-refractivity contribution in [1.82, 2.24) is 14.8 Å². The molecule has 2 aromatic carbocycles. The molecule has 1 unspecified atom stereocenters. The van der Waals surface area contributed by atoms with Crippen LogP contribution in [0.3, 0.4) is 0 Å². The van der Waals surface area contributed by atoms with Crippen molar-refractivity contribution in [2.75, 3.05) is 23.3 Å². The Kier molecular flexibility index (Phi) is 6.43. The number of para-hydroxylation sites is 1. The molecular formula is C21H20ClF2N5OS. The molecule has 0 saturated carbocycles. The number of thioether (sulfide) groups is 1. The van der Waals surface area contributed by atoms with Crippen molar-refractivity contribution in [3.05, 3.63) is 59.1 Å². The van der Waals surface area contributed by atoms with E-state index in [9.17, 15) is 13.6 Å². The third-order valence-electron chi connectivity index (χ3n) is 4.94. The van der Waals surface area contributed by atoms with E-state index in [0.717, 1.165) is 43.8 Å². The number of halogens is 3. The van der Waals surface area contributed by atoms with Crippen LogP contribution in [0, 0.1) is 11.6 Å². The number of carbonyl (C=O) groups is 1. The molecule has 1 aliphatic rings. The van der Waals surface area contributed by atoms with Crippen LogP contribution < -0.4 is 10.2 Å². The molecule has 0 aliphatic carbocycles. The number of nitrogens with one attached hydrogen (secondary N) is 1. The van der Waals surface area contributed by atoms with Crippen LogP contribution >= 0.6 is 23.4 Å². The van der Waals surface area contributed by atoms with Crippen LogP contribution in [0.2, 0.25) is 5.02 Å². The number of carbonyl (C=O) groups excluding carboxylic acids is 1.